The third-order valence-electron chi connectivity index (χ3n) is 6.89. The summed E-state index contributed by atoms with van der Waals surface area (Å²) >= 11 is 0. The van der Waals surface area contributed by atoms with Crippen molar-refractivity contribution in [2.24, 2.45) is 7.05 Å². The van der Waals surface area contributed by atoms with Crippen molar-refractivity contribution in [3.05, 3.63) is 93.9 Å². The molecule has 0 amide bonds. The first kappa shape index (κ1) is 25.0. The number of nitriles is 2. The second kappa shape index (κ2) is 10.8. The highest BCUT2D eigenvalue weighted by molar-refractivity contribution is 5.57. The van der Waals surface area contributed by atoms with Crippen molar-refractivity contribution in [2.45, 2.75) is 33.2 Å². The highest BCUT2D eigenvalue weighted by Crippen LogP contribution is 2.34. The Labute approximate surface area is 222 Å². The molecule has 0 fully saturated rings. The molecule has 8 heteroatoms. The van der Waals surface area contributed by atoms with Gasteiger partial charge in [0, 0.05) is 56.2 Å². The summed E-state index contributed by atoms with van der Waals surface area (Å²) in [6, 6.07) is 19.4. The van der Waals surface area contributed by atoms with Crippen LogP contribution in [0.1, 0.15) is 39.2 Å². The Bertz CT molecular complexity index is 1530. The monoisotopic (exact) mass is 503 g/mol. The number of hydrogen-bond donors (Lipinski definition) is 1. The topological polar surface area (TPSA) is 103 Å². The van der Waals surface area contributed by atoms with E-state index in [-0.39, 0.29) is 0 Å². The second-order valence-corrected chi connectivity index (χ2v) is 9.63. The van der Waals surface area contributed by atoms with E-state index in [9.17, 15) is 5.26 Å². The third-order valence-corrected chi connectivity index (χ3v) is 6.89. The molecule has 38 heavy (non-hydrogen) atoms. The molecule has 1 N–H and O–H groups in total. The van der Waals surface area contributed by atoms with Gasteiger partial charge in [-0.3, -0.25) is 4.90 Å². The van der Waals surface area contributed by atoms with Crippen molar-refractivity contribution >= 4 is 11.6 Å². The molecular weight excluding hydrogens is 474 g/mol. The predicted octanol–water partition coefficient (Wildman–Crippen LogP) is 5.31. The molecule has 1 aliphatic heterocycles. The van der Waals surface area contributed by atoms with E-state index in [1.54, 1.807) is 12.1 Å². The highest BCUT2D eigenvalue weighted by Gasteiger charge is 2.23. The summed E-state index contributed by atoms with van der Waals surface area (Å²) in [7, 11) is 2.07. The first-order chi connectivity index (χ1) is 18.4. The van der Waals surface area contributed by atoms with Gasteiger partial charge in [-0.15, -0.1) is 0 Å². The molecule has 0 aliphatic carbocycles. The fraction of sp³-hybridized carbons (Fsp3) is 0.267. The average Bonchev–Trinajstić information content (AvgIpc) is 3.20. The van der Waals surface area contributed by atoms with Crippen LogP contribution in [-0.4, -0.2) is 32.5 Å². The second-order valence-electron chi connectivity index (χ2n) is 9.63. The maximum atomic E-state index is 9.36. The van der Waals surface area contributed by atoms with Gasteiger partial charge in [0.25, 0.3) is 0 Å². The van der Waals surface area contributed by atoms with Crippen LogP contribution in [0.4, 0.5) is 11.6 Å². The molecule has 0 atom stereocenters. The summed E-state index contributed by atoms with van der Waals surface area (Å²) in [5.41, 5.74) is 6.99. The van der Waals surface area contributed by atoms with Gasteiger partial charge in [0.1, 0.15) is 5.75 Å². The van der Waals surface area contributed by atoms with Crippen molar-refractivity contribution < 1.29 is 4.74 Å². The van der Waals surface area contributed by atoms with Crippen LogP contribution in [0.3, 0.4) is 0 Å². The molecule has 1 aliphatic rings. The lowest BCUT2D eigenvalue weighted by molar-refractivity contribution is 0.272. The number of anilines is 2. The summed E-state index contributed by atoms with van der Waals surface area (Å²) in [5, 5.41) is 21.8. The standard InChI is InChI=1S/C30H29N7O/c1-20-15-23(18-32)16-21(2)28(20)38-29-26-10-13-37(19-25-5-4-12-36(25)3)14-11-27(26)34-30(35-29)33-24-8-6-22(17-31)7-9-24/h4-9,12,15-16H,10-11,13-14,19H2,1-3H3,(H,33,34,35). The lowest BCUT2D eigenvalue weighted by Crippen LogP contribution is -2.26. The summed E-state index contributed by atoms with van der Waals surface area (Å²) in [5.74, 6) is 1.69. The van der Waals surface area contributed by atoms with Crippen molar-refractivity contribution in [1.29, 1.82) is 10.5 Å². The largest absolute Gasteiger partial charge is 0.438 e. The van der Waals surface area contributed by atoms with E-state index >= 15 is 0 Å². The minimum absolute atomic E-state index is 0.447. The van der Waals surface area contributed by atoms with Crippen molar-refractivity contribution in [2.75, 3.05) is 18.4 Å². The summed E-state index contributed by atoms with van der Waals surface area (Å²) in [4.78, 5) is 12.1. The Hall–Kier alpha value is -4.66. The Morgan fingerprint density at radius 3 is 2.32 bits per heavy atom. The molecule has 2 aromatic carbocycles. The number of hydrogen-bond acceptors (Lipinski definition) is 7. The molecule has 5 rings (SSSR count). The Balaban J connectivity index is 1.49. The zero-order valence-corrected chi connectivity index (χ0v) is 21.8. The Morgan fingerprint density at radius 2 is 1.66 bits per heavy atom. The third kappa shape index (κ3) is 5.36. The number of nitrogens with zero attached hydrogens (tertiary/aromatic N) is 6. The van der Waals surface area contributed by atoms with Crippen LogP contribution < -0.4 is 10.1 Å². The molecule has 2 aromatic heterocycles. The maximum Gasteiger partial charge on any atom is 0.230 e. The van der Waals surface area contributed by atoms with Gasteiger partial charge >= 0.3 is 0 Å². The number of benzene rings is 2. The Morgan fingerprint density at radius 1 is 0.947 bits per heavy atom. The van der Waals surface area contributed by atoms with Gasteiger partial charge in [0.15, 0.2) is 0 Å². The van der Waals surface area contributed by atoms with Crippen LogP contribution in [0.15, 0.2) is 54.7 Å². The van der Waals surface area contributed by atoms with E-state index in [0.29, 0.717) is 28.7 Å². The number of nitrogens with one attached hydrogen (secondary N) is 1. The van der Waals surface area contributed by atoms with Gasteiger partial charge in [0.2, 0.25) is 11.8 Å². The smallest absolute Gasteiger partial charge is 0.230 e. The molecule has 8 nitrogen and oxygen atoms in total. The summed E-state index contributed by atoms with van der Waals surface area (Å²) in [6.45, 7) is 6.50. The average molecular weight is 504 g/mol. The van der Waals surface area contributed by atoms with Gasteiger partial charge < -0.3 is 14.6 Å². The normalized spacial score (nSPS) is 13.2. The van der Waals surface area contributed by atoms with Crippen molar-refractivity contribution in [3.8, 4) is 23.8 Å². The Kier molecular flexibility index (Phi) is 7.08. The fourth-order valence-corrected chi connectivity index (χ4v) is 4.83. The molecular formula is C30H29N7O. The molecule has 4 aromatic rings. The molecule has 0 saturated heterocycles. The summed E-state index contributed by atoms with van der Waals surface area (Å²) in [6.07, 6.45) is 3.61. The van der Waals surface area contributed by atoms with Gasteiger partial charge in [-0.25, -0.2) is 4.98 Å². The highest BCUT2D eigenvalue weighted by atomic mass is 16.5. The minimum Gasteiger partial charge on any atom is -0.438 e. The number of aromatic nitrogens is 3. The van der Waals surface area contributed by atoms with Crippen LogP contribution in [-0.2, 0) is 26.4 Å². The predicted molar refractivity (Wildman–Crippen MR) is 145 cm³/mol. The molecule has 0 saturated carbocycles. The first-order valence-corrected chi connectivity index (χ1v) is 12.6. The number of fused-ring (bicyclic) bond motifs is 1. The maximum absolute atomic E-state index is 9.36. The molecule has 0 spiro atoms. The summed E-state index contributed by atoms with van der Waals surface area (Å²) < 4.78 is 8.66. The number of rotatable bonds is 6. The van der Waals surface area contributed by atoms with Gasteiger partial charge in [0.05, 0.1) is 29.0 Å². The lowest BCUT2D eigenvalue weighted by atomic mass is 10.1. The zero-order chi connectivity index (χ0) is 26.6. The molecule has 0 bridgehead atoms. The van der Waals surface area contributed by atoms with Gasteiger partial charge in [-0.1, -0.05) is 0 Å². The van der Waals surface area contributed by atoms with Crippen LogP contribution in [0, 0.1) is 36.5 Å². The molecule has 0 unspecified atom stereocenters. The fourth-order valence-electron chi connectivity index (χ4n) is 4.83. The molecule has 190 valence electrons. The van der Waals surface area contributed by atoms with E-state index in [0.717, 1.165) is 60.5 Å². The van der Waals surface area contributed by atoms with E-state index < -0.39 is 0 Å². The minimum atomic E-state index is 0.447. The van der Waals surface area contributed by atoms with Crippen LogP contribution in [0.2, 0.25) is 0 Å². The van der Waals surface area contributed by atoms with E-state index in [2.05, 4.69) is 52.3 Å². The van der Waals surface area contributed by atoms with Crippen LogP contribution >= 0.6 is 0 Å². The quantitative estimate of drug-likeness (QED) is 0.380. The van der Waals surface area contributed by atoms with Crippen molar-refractivity contribution in [1.82, 2.24) is 19.4 Å². The number of ether oxygens (including phenoxy) is 1. The van der Waals surface area contributed by atoms with E-state index in [4.69, 9.17) is 20.0 Å². The van der Waals surface area contributed by atoms with Crippen LogP contribution in [0.5, 0.6) is 11.6 Å². The number of aryl methyl sites for hydroxylation is 3. The van der Waals surface area contributed by atoms with Gasteiger partial charge in [-0.2, -0.15) is 15.5 Å². The van der Waals surface area contributed by atoms with Crippen molar-refractivity contribution in [3.63, 3.8) is 0 Å². The molecule has 3 heterocycles. The van der Waals surface area contributed by atoms with Crippen LogP contribution in [0.25, 0.3) is 0 Å². The SMILES string of the molecule is Cc1cc(C#N)cc(C)c1Oc1nc(Nc2ccc(C#N)cc2)nc2c1CCN(Cc1cccn1C)CC2. The first-order valence-electron chi connectivity index (χ1n) is 12.6. The van der Waals surface area contributed by atoms with E-state index in [1.807, 2.05) is 38.1 Å². The van der Waals surface area contributed by atoms with Gasteiger partial charge in [-0.05, 0) is 79.9 Å². The van der Waals surface area contributed by atoms with E-state index in [1.165, 1.54) is 5.69 Å². The zero-order valence-electron chi connectivity index (χ0n) is 21.8. The molecule has 0 radical (unpaired) electrons. The lowest BCUT2D eigenvalue weighted by Gasteiger charge is -2.20.